The van der Waals surface area contributed by atoms with Crippen molar-refractivity contribution < 1.29 is 8.78 Å². The minimum Gasteiger partial charge on any atom is -0.329 e. The fourth-order valence-corrected chi connectivity index (χ4v) is 2.54. The minimum atomic E-state index is -0.793. The molecule has 0 aromatic heterocycles. The summed E-state index contributed by atoms with van der Waals surface area (Å²) in [6, 6.07) is 4.44. The van der Waals surface area contributed by atoms with Gasteiger partial charge in [-0.25, -0.2) is 8.78 Å². The Kier molecular flexibility index (Phi) is 3.74. The lowest BCUT2D eigenvalue weighted by molar-refractivity contribution is 0.228. The smallest absolute Gasteiger partial charge is 0.159 e. The molecule has 1 heterocycles. The Bertz CT molecular complexity index is 395. The van der Waals surface area contributed by atoms with E-state index in [4.69, 9.17) is 5.73 Å². The zero-order chi connectivity index (χ0) is 12.4. The third-order valence-corrected chi connectivity index (χ3v) is 3.61. The van der Waals surface area contributed by atoms with Crippen LogP contribution in [0.25, 0.3) is 0 Å². The molecule has 0 bridgehead atoms. The molecule has 2 rings (SSSR count). The highest BCUT2D eigenvalue weighted by molar-refractivity contribution is 5.18. The molecule has 2 atom stereocenters. The molecule has 1 saturated heterocycles. The molecule has 0 spiro atoms. The third-order valence-electron chi connectivity index (χ3n) is 3.61. The number of rotatable bonds is 3. The van der Waals surface area contributed by atoms with Crippen LogP contribution >= 0.6 is 0 Å². The lowest BCUT2D eigenvalue weighted by Gasteiger charge is -2.25. The molecule has 0 radical (unpaired) electrons. The van der Waals surface area contributed by atoms with Crippen molar-refractivity contribution >= 4 is 0 Å². The van der Waals surface area contributed by atoms with Gasteiger partial charge in [0, 0.05) is 19.1 Å². The summed E-state index contributed by atoms with van der Waals surface area (Å²) >= 11 is 0. The standard InChI is InChI=1S/C13H18F2N2/c1-9-4-5-17(13(9)7-16)8-10-2-3-11(14)12(15)6-10/h2-3,6,9,13H,4-5,7-8,16H2,1H3. The second kappa shape index (κ2) is 5.10. The molecule has 0 saturated carbocycles. The van der Waals surface area contributed by atoms with Crippen LogP contribution in [0.4, 0.5) is 8.78 Å². The number of halogens is 2. The number of hydrogen-bond donors (Lipinski definition) is 1. The molecule has 17 heavy (non-hydrogen) atoms. The van der Waals surface area contributed by atoms with E-state index in [2.05, 4.69) is 11.8 Å². The van der Waals surface area contributed by atoms with Gasteiger partial charge in [0.1, 0.15) is 0 Å². The zero-order valence-corrected chi connectivity index (χ0v) is 10.00. The van der Waals surface area contributed by atoms with Crippen LogP contribution in [0.15, 0.2) is 18.2 Å². The lowest BCUT2D eigenvalue weighted by Crippen LogP contribution is -2.37. The SMILES string of the molecule is CC1CCN(Cc2ccc(F)c(F)c2)C1CN. The van der Waals surface area contributed by atoms with Gasteiger partial charge in [-0.3, -0.25) is 4.90 Å². The first-order valence-corrected chi connectivity index (χ1v) is 6.00. The van der Waals surface area contributed by atoms with Gasteiger partial charge in [0.25, 0.3) is 0 Å². The summed E-state index contributed by atoms with van der Waals surface area (Å²) in [6.07, 6.45) is 1.12. The van der Waals surface area contributed by atoms with Crippen molar-refractivity contribution in [3.63, 3.8) is 0 Å². The summed E-state index contributed by atoms with van der Waals surface area (Å²) in [6.45, 7) is 4.42. The summed E-state index contributed by atoms with van der Waals surface area (Å²) in [7, 11) is 0. The first kappa shape index (κ1) is 12.5. The third kappa shape index (κ3) is 2.64. The van der Waals surface area contributed by atoms with Crippen LogP contribution in [-0.4, -0.2) is 24.0 Å². The van der Waals surface area contributed by atoms with Gasteiger partial charge < -0.3 is 5.73 Å². The van der Waals surface area contributed by atoms with Crippen LogP contribution in [0.3, 0.4) is 0 Å². The van der Waals surface area contributed by atoms with Crippen molar-refractivity contribution in [1.82, 2.24) is 4.90 Å². The van der Waals surface area contributed by atoms with Gasteiger partial charge in [-0.1, -0.05) is 13.0 Å². The largest absolute Gasteiger partial charge is 0.329 e. The van der Waals surface area contributed by atoms with Gasteiger partial charge in [0.05, 0.1) is 0 Å². The van der Waals surface area contributed by atoms with Gasteiger partial charge in [-0.05, 0) is 36.6 Å². The van der Waals surface area contributed by atoms with Crippen molar-refractivity contribution in [2.75, 3.05) is 13.1 Å². The van der Waals surface area contributed by atoms with Crippen molar-refractivity contribution in [3.05, 3.63) is 35.4 Å². The van der Waals surface area contributed by atoms with Gasteiger partial charge in [0.2, 0.25) is 0 Å². The monoisotopic (exact) mass is 240 g/mol. The molecule has 4 heteroatoms. The molecular formula is C13H18F2N2. The average Bonchev–Trinajstić information content (AvgIpc) is 2.64. The summed E-state index contributed by atoms with van der Waals surface area (Å²) in [5.74, 6) is -0.997. The van der Waals surface area contributed by atoms with E-state index in [0.717, 1.165) is 18.5 Å². The molecule has 2 N–H and O–H groups in total. The molecule has 2 unspecified atom stereocenters. The second-order valence-electron chi connectivity index (χ2n) is 4.79. The molecule has 94 valence electrons. The van der Waals surface area contributed by atoms with Crippen molar-refractivity contribution in [3.8, 4) is 0 Å². The number of nitrogens with two attached hydrogens (primary N) is 1. The Hall–Kier alpha value is -1.00. The molecule has 1 fully saturated rings. The van der Waals surface area contributed by atoms with E-state index in [0.29, 0.717) is 25.0 Å². The molecule has 2 nitrogen and oxygen atoms in total. The molecule has 0 amide bonds. The van der Waals surface area contributed by atoms with Gasteiger partial charge in [0.15, 0.2) is 11.6 Å². The van der Waals surface area contributed by atoms with E-state index >= 15 is 0 Å². The molecule has 1 aromatic carbocycles. The van der Waals surface area contributed by atoms with Crippen LogP contribution < -0.4 is 5.73 Å². The van der Waals surface area contributed by atoms with E-state index in [1.54, 1.807) is 6.07 Å². The normalized spacial score (nSPS) is 25.4. The van der Waals surface area contributed by atoms with E-state index in [9.17, 15) is 8.78 Å². The predicted molar refractivity (Wildman–Crippen MR) is 63.4 cm³/mol. The predicted octanol–water partition coefficient (Wildman–Crippen LogP) is 2.13. The quantitative estimate of drug-likeness (QED) is 0.877. The van der Waals surface area contributed by atoms with Gasteiger partial charge in [-0.15, -0.1) is 0 Å². The van der Waals surface area contributed by atoms with Crippen LogP contribution in [-0.2, 0) is 6.54 Å². The number of hydrogen-bond acceptors (Lipinski definition) is 2. The Morgan fingerprint density at radius 3 is 2.76 bits per heavy atom. The molecule has 1 aliphatic rings. The Balaban J connectivity index is 2.07. The van der Waals surface area contributed by atoms with Crippen molar-refractivity contribution in [2.24, 2.45) is 11.7 Å². The zero-order valence-electron chi connectivity index (χ0n) is 10.00. The molecule has 0 aliphatic carbocycles. The number of nitrogens with zero attached hydrogens (tertiary/aromatic N) is 1. The van der Waals surface area contributed by atoms with E-state index in [1.165, 1.54) is 12.1 Å². The van der Waals surface area contributed by atoms with Crippen LogP contribution in [0.2, 0.25) is 0 Å². The maximum Gasteiger partial charge on any atom is 0.159 e. The number of likely N-dealkylation sites (tertiary alicyclic amines) is 1. The first-order valence-electron chi connectivity index (χ1n) is 6.00. The van der Waals surface area contributed by atoms with E-state index in [-0.39, 0.29) is 0 Å². The topological polar surface area (TPSA) is 29.3 Å². The summed E-state index contributed by atoms with van der Waals surface area (Å²) in [4.78, 5) is 2.25. The minimum absolute atomic E-state index is 0.350. The molecular weight excluding hydrogens is 222 g/mol. The second-order valence-corrected chi connectivity index (χ2v) is 4.79. The van der Waals surface area contributed by atoms with Crippen LogP contribution in [0, 0.1) is 17.6 Å². The fourth-order valence-electron chi connectivity index (χ4n) is 2.54. The Labute approximate surface area is 100 Å². The maximum atomic E-state index is 13.1. The van der Waals surface area contributed by atoms with Gasteiger partial charge >= 0.3 is 0 Å². The lowest BCUT2D eigenvalue weighted by atomic mass is 10.0. The van der Waals surface area contributed by atoms with Gasteiger partial charge in [-0.2, -0.15) is 0 Å². The van der Waals surface area contributed by atoms with E-state index in [1.807, 2.05) is 0 Å². The van der Waals surface area contributed by atoms with Crippen molar-refractivity contribution in [2.45, 2.75) is 25.9 Å². The highest BCUT2D eigenvalue weighted by Crippen LogP contribution is 2.25. The highest BCUT2D eigenvalue weighted by atomic mass is 19.2. The van der Waals surface area contributed by atoms with Crippen molar-refractivity contribution in [1.29, 1.82) is 0 Å². The Morgan fingerprint density at radius 2 is 2.12 bits per heavy atom. The fraction of sp³-hybridized carbons (Fsp3) is 0.538. The number of benzene rings is 1. The first-order chi connectivity index (χ1) is 8.11. The summed E-state index contributed by atoms with van der Waals surface area (Å²) < 4.78 is 25.9. The summed E-state index contributed by atoms with van der Waals surface area (Å²) in [5.41, 5.74) is 6.55. The highest BCUT2D eigenvalue weighted by Gasteiger charge is 2.29. The van der Waals surface area contributed by atoms with Crippen LogP contribution in [0.1, 0.15) is 18.9 Å². The molecule has 1 aromatic rings. The van der Waals surface area contributed by atoms with Crippen LogP contribution in [0.5, 0.6) is 0 Å². The molecule has 1 aliphatic heterocycles. The summed E-state index contributed by atoms with van der Waals surface area (Å²) in [5, 5.41) is 0. The van der Waals surface area contributed by atoms with E-state index < -0.39 is 11.6 Å². The Morgan fingerprint density at radius 1 is 1.35 bits per heavy atom. The maximum absolute atomic E-state index is 13.1. The average molecular weight is 240 g/mol.